The zero-order valence-electron chi connectivity index (χ0n) is 11.2. The molecule has 3 rings (SSSR count). The number of thiophene rings is 1. The maximum atomic E-state index is 12.6. The molecule has 1 saturated carbocycles. The van der Waals surface area contributed by atoms with Crippen LogP contribution in [0.2, 0.25) is 0 Å². The molecule has 1 aromatic carbocycles. The number of benzene rings is 1. The molecule has 2 aromatic rings. The minimum atomic E-state index is -0.528. The number of carbonyl (C=O) groups is 1. The second-order valence-electron chi connectivity index (χ2n) is 5.18. The Labute approximate surface area is 123 Å². The first-order valence-corrected chi connectivity index (χ1v) is 7.77. The normalized spacial score (nSPS) is 15.8. The van der Waals surface area contributed by atoms with E-state index in [1.807, 2.05) is 40.6 Å². The lowest BCUT2D eigenvalue weighted by Gasteiger charge is -2.25. The molecule has 1 amide bonds. The predicted octanol–water partition coefficient (Wildman–Crippen LogP) is 2.94. The van der Waals surface area contributed by atoms with Gasteiger partial charge in [-0.25, -0.2) is 0 Å². The van der Waals surface area contributed by atoms with Crippen LogP contribution in [0.4, 0.5) is 0 Å². The number of amides is 1. The van der Waals surface area contributed by atoms with E-state index in [9.17, 15) is 4.79 Å². The Hall–Kier alpha value is -1.65. The Bertz CT molecular complexity index is 563. The van der Waals surface area contributed by atoms with E-state index in [1.165, 1.54) is 0 Å². The van der Waals surface area contributed by atoms with Crippen molar-refractivity contribution in [1.29, 1.82) is 0 Å². The highest BCUT2D eigenvalue weighted by Gasteiger charge is 2.35. The van der Waals surface area contributed by atoms with Gasteiger partial charge in [-0.1, -0.05) is 36.4 Å². The number of nitrogens with two attached hydrogens (primary N) is 1. The second kappa shape index (κ2) is 5.77. The SMILES string of the molecule is NC(C(=O)N(Cc1ccccc1)C1CC1)c1cccs1. The van der Waals surface area contributed by atoms with Crippen molar-refractivity contribution in [2.24, 2.45) is 5.73 Å². The van der Waals surface area contributed by atoms with Crippen molar-refractivity contribution < 1.29 is 4.79 Å². The maximum Gasteiger partial charge on any atom is 0.245 e. The third-order valence-electron chi connectivity index (χ3n) is 3.58. The third kappa shape index (κ3) is 2.92. The number of carbonyl (C=O) groups excluding carboxylic acids is 1. The van der Waals surface area contributed by atoms with Crippen LogP contribution in [0.5, 0.6) is 0 Å². The van der Waals surface area contributed by atoms with Crippen LogP contribution in [0, 0.1) is 0 Å². The van der Waals surface area contributed by atoms with Gasteiger partial charge in [-0.2, -0.15) is 0 Å². The molecular weight excluding hydrogens is 268 g/mol. The van der Waals surface area contributed by atoms with E-state index in [0.717, 1.165) is 23.3 Å². The van der Waals surface area contributed by atoms with Crippen molar-refractivity contribution in [3.05, 3.63) is 58.3 Å². The molecule has 2 N–H and O–H groups in total. The van der Waals surface area contributed by atoms with Gasteiger partial charge >= 0.3 is 0 Å². The zero-order chi connectivity index (χ0) is 13.9. The van der Waals surface area contributed by atoms with Gasteiger partial charge in [-0.15, -0.1) is 11.3 Å². The van der Waals surface area contributed by atoms with E-state index in [2.05, 4.69) is 12.1 Å². The highest BCUT2D eigenvalue weighted by molar-refractivity contribution is 7.10. The van der Waals surface area contributed by atoms with Gasteiger partial charge in [0.25, 0.3) is 0 Å². The molecule has 1 aromatic heterocycles. The molecular formula is C16H18N2OS. The summed E-state index contributed by atoms with van der Waals surface area (Å²) in [7, 11) is 0. The van der Waals surface area contributed by atoms with Crippen molar-refractivity contribution in [2.75, 3.05) is 0 Å². The Kier molecular flexibility index (Phi) is 3.85. The summed E-state index contributed by atoms with van der Waals surface area (Å²) in [6.45, 7) is 0.656. The molecule has 1 atom stereocenters. The lowest BCUT2D eigenvalue weighted by Crippen LogP contribution is -2.39. The van der Waals surface area contributed by atoms with Crippen LogP contribution in [0.1, 0.15) is 29.3 Å². The standard InChI is InChI=1S/C16H18N2OS/c17-15(14-7-4-10-20-14)16(19)18(13-8-9-13)11-12-5-2-1-3-6-12/h1-7,10,13,15H,8-9,11,17H2. The fraction of sp³-hybridized carbons (Fsp3) is 0.312. The average molecular weight is 286 g/mol. The number of hydrogen-bond acceptors (Lipinski definition) is 3. The van der Waals surface area contributed by atoms with Crippen LogP contribution in [0.3, 0.4) is 0 Å². The summed E-state index contributed by atoms with van der Waals surface area (Å²) in [5.41, 5.74) is 7.28. The first-order chi connectivity index (χ1) is 9.75. The fourth-order valence-electron chi connectivity index (χ4n) is 2.32. The summed E-state index contributed by atoms with van der Waals surface area (Å²) in [6, 6.07) is 13.8. The summed E-state index contributed by atoms with van der Waals surface area (Å²) in [5, 5.41) is 1.96. The van der Waals surface area contributed by atoms with Gasteiger partial charge in [0.1, 0.15) is 6.04 Å². The van der Waals surface area contributed by atoms with Crippen LogP contribution >= 0.6 is 11.3 Å². The smallest absolute Gasteiger partial charge is 0.245 e. The first-order valence-electron chi connectivity index (χ1n) is 6.89. The molecule has 1 aliphatic carbocycles. The molecule has 1 aliphatic rings. The van der Waals surface area contributed by atoms with Crippen molar-refractivity contribution >= 4 is 17.2 Å². The summed E-state index contributed by atoms with van der Waals surface area (Å²) >= 11 is 1.54. The first kappa shape index (κ1) is 13.3. The summed E-state index contributed by atoms with van der Waals surface area (Å²) in [5.74, 6) is 0.0406. The Balaban J connectivity index is 1.75. The molecule has 3 nitrogen and oxygen atoms in total. The highest BCUT2D eigenvalue weighted by Crippen LogP contribution is 2.31. The highest BCUT2D eigenvalue weighted by atomic mass is 32.1. The molecule has 0 bridgehead atoms. The van der Waals surface area contributed by atoms with Gasteiger partial charge in [0, 0.05) is 17.5 Å². The summed E-state index contributed by atoms with van der Waals surface area (Å²) in [4.78, 5) is 15.5. The van der Waals surface area contributed by atoms with Crippen LogP contribution in [0.25, 0.3) is 0 Å². The van der Waals surface area contributed by atoms with Crippen molar-refractivity contribution in [1.82, 2.24) is 4.90 Å². The minimum Gasteiger partial charge on any atom is -0.334 e. The van der Waals surface area contributed by atoms with Crippen LogP contribution in [0.15, 0.2) is 47.8 Å². The third-order valence-corrected chi connectivity index (χ3v) is 4.54. The Morgan fingerprint density at radius 1 is 1.25 bits per heavy atom. The topological polar surface area (TPSA) is 46.3 Å². The summed E-state index contributed by atoms with van der Waals surface area (Å²) < 4.78 is 0. The molecule has 104 valence electrons. The van der Waals surface area contributed by atoms with Crippen molar-refractivity contribution in [2.45, 2.75) is 31.5 Å². The van der Waals surface area contributed by atoms with Gasteiger partial charge in [0.15, 0.2) is 0 Å². The molecule has 20 heavy (non-hydrogen) atoms. The van der Waals surface area contributed by atoms with Crippen molar-refractivity contribution in [3.63, 3.8) is 0 Å². The number of rotatable bonds is 5. The maximum absolute atomic E-state index is 12.6. The molecule has 0 spiro atoms. The molecule has 0 saturated heterocycles. The van der Waals surface area contributed by atoms with E-state index >= 15 is 0 Å². The molecule has 0 radical (unpaired) electrons. The molecule has 4 heteroatoms. The van der Waals surface area contributed by atoms with Gasteiger partial charge in [-0.3, -0.25) is 4.79 Å². The Morgan fingerprint density at radius 2 is 2.00 bits per heavy atom. The Morgan fingerprint density at radius 3 is 2.60 bits per heavy atom. The number of nitrogens with zero attached hydrogens (tertiary/aromatic N) is 1. The van der Waals surface area contributed by atoms with Gasteiger partial charge < -0.3 is 10.6 Å². The van der Waals surface area contributed by atoms with Crippen molar-refractivity contribution in [3.8, 4) is 0 Å². The van der Waals surface area contributed by atoms with E-state index in [0.29, 0.717) is 12.6 Å². The van der Waals surface area contributed by atoms with Gasteiger partial charge in [0.2, 0.25) is 5.91 Å². The molecule has 1 heterocycles. The quantitative estimate of drug-likeness (QED) is 0.918. The second-order valence-corrected chi connectivity index (χ2v) is 6.16. The largest absolute Gasteiger partial charge is 0.334 e. The van der Waals surface area contributed by atoms with E-state index in [-0.39, 0.29) is 5.91 Å². The van der Waals surface area contributed by atoms with E-state index in [4.69, 9.17) is 5.73 Å². The fourth-order valence-corrected chi connectivity index (χ4v) is 3.04. The predicted molar refractivity (Wildman–Crippen MR) is 81.3 cm³/mol. The lowest BCUT2D eigenvalue weighted by atomic mass is 10.1. The molecule has 0 aliphatic heterocycles. The minimum absolute atomic E-state index is 0.0406. The lowest BCUT2D eigenvalue weighted by molar-refractivity contribution is -0.133. The molecule has 1 unspecified atom stereocenters. The monoisotopic (exact) mass is 286 g/mol. The van der Waals surface area contributed by atoms with Crippen LogP contribution in [-0.4, -0.2) is 16.8 Å². The molecule has 1 fully saturated rings. The van der Waals surface area contributed by atoms with E-state index in [1.54, 1.807) is 11.3 Å². The van der Waals surface area contributed by atoms with Crippen LogP contribution < -0.4 is 5.73 Å². The van der Waals surface area contributed by atoms with Gasteiger partial charge in [-0.05, 0) is 29.9 Å². The van der Waals surface area contributed by atoms with E-state index < -0.39 is 6.04 Å². The number of hydrogen-bond donors (Lipinski definition) is 1. The van der Waals surface area contributed by atoms with Gasteiger partial charge in [0.05, 0.1) is 0 Å². The summed E-state index contributed by atoms with van der Waals surface area (Å²) in [6.07, 6.45) is 2.19. The average Bonchev–Trinajstić information content (AvgIpc) is 3.18. The van der Waals surface area contributed by atoms with Crippen LogP contribution in [-0.2, 0) is 11.3 Å². The zero-order valence-corrected chi connectivity index (χ0v) is 12.1.